The van der Waals surface area contributed by atoms with Gasteiger partial charge in [0.2, 0.25) is 5.79 Å². The average Bonchev–Trinajstić information content (AvgIpc) is 3.10. The van der Waals surface area contributed by atoms with Crippen molar-refractivity contribution in [2.75, 3.05) is 6.61 Å². The molecule has 0 aromatic carbocycles. The molecule has 6 heteroatoms. The van der Waals surface area contributed by atoms with Gasteiger partial charge in [-0.05, 0) is 67.9 Å². The fourth-order valence-electron chi connectivity index (χ4n) is 4.92. The predicted octanol–water partition coefficient (Wildman–Crippen LogP) is 6.60. The van der Waals surface area contributed by atoms with Crippen molar-refractivity contribution in [2.24, 2.45) is 0 Å². The molecule has 2 aliphatic rings. The van der Waals surface area contributed by atoms with Crippen molar-refractivity contribution in [3.05, 3.63) is 11.8 Å². The Labute approximate surface area is 199 Å². The molecule has 0 saturated carbocycles. The van der Waals surface area contributed by atoms with Gasteiger partial charge >= 0.3 is 0 Å². The van der Waals surface area contributed by atoms with Crippen LogP contribution in [-0.4, -0.2) is 41.2 Å². The highest BCUT2D eigenvalue weighted by atomic mass is 28.4. The van der Waals surface area contributed by atoms with Crippen LogP contribution in [0.15, 0.2) is 11.8 Å². The maximum atomic E-state index is 7.16. The van der Waals surface area contributed by atoms with E-state index in [1.807, 2.05) is 6.08 Å². The zero-order valence-electron chi connectivity index (χ0n) is 21.4. The zero-order chi connectivity index (χ0) is 23.7. The van der Waals surface area contributed by atoms with E-state index >= 15 is 0 Å². The molecule has 2 fully saturated rings. The Kier molecular flexibility index (Phi) is 10.6. The normalized spacial score (nSPS) is 26.9. The Bertz CT molecular complexity index is 725. The Hall–Kier alpha value is -1.03. The van der Waals surface area contributed by atoms with Crippen molar-refractivity contribution in [3.8, 4) is 23.7 Å². The molecule has 2 heterocycles. The van der Waals surface area contributed by atoms with Gasteiger partial charge < -0.3 is 18.3 Å². The highest BCUT2D eigenvalue weighted by Gasteiger charge is 2.59. The Morgan fingerprint density at radius 2 is 1.50 bits per heavy atom. The first-order valence-electron chi connectivity index (χ1n) is 12.7. The molecule has 2 saturated heterocycles. The molecule has 180 valence electrons. The maximum absolute atomic E-state index is 7.16. The van der Waals surface area contributed by atoms with E-state index in [0.29, 0.717) is 6.61 Å². The van der Waals surface area contributed by atoms with Crippen molar-refractivity contribution in [2.45, 2.75) is 122 Å². The number of rotatable bonds is 10. The minimum Gasteiger partial charge on any atom is -0.460 e. The van der Waals surface area contributed by atoms with Crippen molar-refractivity contribution in [1.82, 2.24) is 0 Å². The third kappa shape index (κ3) is 5.90. The van der Waals surface area contributed by atoms with E-state index in [1.54, 1.807) is 6.92 Å². The van der Waals surface area contributed by atoms with Gasteiger partial charge in [-0.3, -0.25) is 0 Å². The smallest absolute Gasteiger partial charge is 0.238 e. The molecule has 1 spiro atoms. The highest BCUT2D eigenvalue weighted by molar-refractivity contribution is 6.74. The van der Waals surface area contributed by atoms with Crippen molar-refractivity contribution in [3.63, 3.8) is 0 Å². The van der Waals surface area contributed by atoms with Crippen LogP contribution < -0.4 is 0 Å². The first-order valence-corrected chi connectivity index (χ1v) is 17.8. The lowest BCUT2D eigenvalue weighted by atomic mass is 9.98. The topological polar surface area (TPSA) is 36.9 Å². The molecule has 0 aromatic rings. The van der Waals surface area contributed by atoms with Gasteiger partial charge in [0.1, 0.15) is 18.0 Å². The fourth-order valence-corrected chi connectivity index (χ4v) is 10.5. The summed E-state index contributed by atoms with van der Waals surface area (Å²) >= 11 is 0. The quantitative estimate of drug-likeness (QED) is 0.263. The van der Waals surface area contributed by atoms with Crippen molar-refractivity contribution >= 4 is 16.6 Å². The first-order chi connectivity index (χ1) is 15.4. The van der Waals surface area contributed by atoms with Crippen LogP contribution in [0.25, 0.3) is 0 Å². The number of ether oxygens (including phenoxy) is 2. The zero-order valence-corrected chi connectivity index (χ0v) is 23.4. The van der Waals surface area contributed by atoms with Crippen LogP contribution in [-0.2, 0) is 18.3 Å². The van der Waals surface area contributed by atoms with Crippen LogP contribution in [0, 0.1) is 23.7 Å². The summed E-state index contributed by atoms with van der Waals surface area (Å²) in [5.41, 5.74) is 0. The van der Waals surface area contributed by atoms with Gasteiger partial charge in [0.25, 0.3) is 0 Å². The Morgan fingerprint density at radius 1 is 0.906 bits per heavy atom. The summed E-state index contributed by atoms with van der Waals surface area (Å²) in [4.78, 5) is 0. The van der Waals surface area contributed by atoms with E-state index in [4.69, 9.17) is 18.3 Å². The van der Waals surface area contributed by atoms with Crippen LogP contribution >= 0.6 is 0 Å². The van der Waals surface area contributed by atoms with E-state index in [2.05, 4.69) is 65.2 Å². The number of hydrogen-bond donors (Lipinski definition) is 0. The Morgan fingerprint density at radius 3 is 2.00 bits per heavy atom. The van der Waals surface area contributed by atoms with Crippen LogP contribution in [0.1, 0.15) is 67.7 Å². The molecule has 3 atom stereocenters. The molecule has 2 rings (SSSR count). The summed E-state index contributed by atoms with van der Waals surface area (Å²) in [5.74, 6) is 11.6. The SMILES string of the molecule is CC#CC#C/C=C1\O[C@@]2(CCCCO2)[C@H](O[Si](CC)(CC)CC)[C@H]1O[Si](CC)(CC)CC. The van der Waals surface area contributed by atoms with Gasteiger partial charge in [0.05, 0.1) is 6.61 Å². The number of hydrogen-bond acceptors (Lipinski definition) is 4. The summed E-state index contributed by atoms with van der Waals surface area (Å²) in [6, 6.07) is 6.49. The molecular weight excluding hydrogens is 432 g/mol. The third-order valence-corrected chi connectivity index (χ3v) is 16.9. The fraction of sp³-hybridized carbons (Fsp3) is 0.769. The van der Waals surface area contributed by atoms with E-state index in [-0.39, 0.29) is 12.2 Å². The van der Waals surface area contributed by atoms with Crippen molar-refractivity contribution < 1.29 is 18.3 Å². The second-order valence-corrected chi connectivity index (χ2v) is 18.4. The summed E-state index contributed by atoms with van der Waals surface area (Å²) in [7, 11) is -3.85. The van der Waals surface area contributed by atoms with E-state index in [1.165, 1.54) is 0 Å². The Balaban J connectivity index is 2.58. The largest absolute Gasteiger partial charge is 0.460 e. The lowest BCUT2D eigenvalue weighted by Crippen LogP contribution is -2.56. The van der Waals surface area contributed by atoms with Gasteiger partial charge in [-0.15, -0.1) is 0 Å². The molecule has 0 bridgehead atoms. The van der Waals surface area contributed by atoms with Crippen LogP contribution in [0.3, 0.4) is 0 Å². The predicted molar refractivity (Wildman–Crippen MR) is 137 cm³/mol. The molecule has 2 aliphatic heterocycles. The summed E-state index contributed by atoms with van der Waals surface area (Å²) < 4.78 is 27.3. The molecule has 0 radical (unpaired) electrons. The number of allylic oxidation sites excluding steroid dienone is 1. The highest BCUT2D eigenvalue weighted by Crippen LogP contribution is 2.47. The van der Waals surface area contributed by atoms with Gasteiger partial charge in [-0.1, -0.05) is 53.4 Å². The molecule has 32 heavy (non-hydrogen) atoms. The van der Waals surface area contributed by atoms with E-state index < -0.39 is 22.4 Å². The van der Waals surface area contributed by atoms with E-state index in [9.17, 15) is 0 Å². The average molecular weight is 477 g/mol. The van der Waals surface area contributed by atoms with Crippen LogP contribution in [0.5, 0.6) is 0 Å². The molecule has 0 aliphatic carbocycles. The molecule has 0 amide bonds. The van der Waals surface area contributed by atoms with Gasteiger partial charge in [0, 0.05) is 12.5 Å². The van der Waals surface area contributed by atoms with Gasteiger partial charge in [-0.2, -0.15) is 0 Å². The van der Waals surface area contributed by atoms with Crippen LogP contribution in [0.2, 0.25) is 36.3 Å². The monoisotopic (exact) mass is 476 g/mol. The summed E-state index contributed by atoms with van der Waals surface area (Å²) in [6.07, 6.45) is 4.31. The van der Waals surface area contributed by atoms with Gasteiger partial charge in [-0.25, -0.2) is 0 Å². The van der Waals surface area contributed by atoms with E-state index in [0.717, 1.165) is 61.3 Å². The second kappa shape index (κ2) is 12.4. The second-order valence-electron chi connectivity index (χ2n) is 8.97. The molecule has 0 aromatic heterocycles. The summed E-state index contributed by atoms with van der Waals surface area (Å²) in [5, 5.41) is 0. The minimum atomic E-state index is -1.92. The lowest BCUT2D eigenvalue weighted by Gasteiger charge is -2.43. The lowest BCUT2D eigenvalue weighted by molar-refractivity contribution is -0.253. The maximum Gasteiger partial charge on any atom is 0.238 e. The van der Waals surface area contributed by atoms with Crippen LogP contribution in [0.4, 0.5) is 0 Å². The molecule has 0 unspecified atom stereocenters. The standard InChI is InChI=1S/C26H44O4Si2/c1-8-15-16-17-20-23-24(29-31(9-2,10-3)11-4)25(30-32(12-5,13-6)14-7)26(28-23)21-18-19-22-27-26/h20,24-25H,9-14,18-19,21-22H2,1-7H3/b23-20-/t24-,25+,26-/m0/s1. The molecule has 4 nitrogen and oxygen atoms in total. The third-order valence-electron chi connectivity index (χ3n) is 7.64. The van der Waals surface area contributed by atoms with Crippen molar-refractivity contribution in [1.29, 1.82) is 0 Å². The molecule has 0 N–H and O–H groups in total. The minimum absolute atomic E-state index is 0.240. The van der Waals surface area contributed by atoms with Gasteiger partial charge in [0.15, 0.2) is 16.6 Å². The summed E-state index contributed by atoms with van der Waals surface area (Å²) in [6.45, 7) is 16.1. The molecular formula is C26H44O4Si2. The first kappa shape index (κ1) is 27.2.